The molecule has 0 saturated carbocycles. The highest BCUT2D eigenvalue weighted by Crippen LogP contribution is 2.21. The number of carbonyl (C=O) groups excluding carboxylic acids is 3. The lowest BCUT2D eigenvalue weighted by atomic mass is 10.1. The van der Waals surface area contributed by atoms with Crippen LogP contribution in [0.5, 0.6) is 0 Å². The smallest absolute Gasteiger partial charge is 0.340 e. The number of aryl methyl sites for hydroxylation is 1. The number of nitrogens with one attached hydrogen (secondary N) is 1. The van der Waals surface area contributed by atoms with Gasteiger partial charge in [-0.3, -0.25) is 4.79 Å². The number of carbonyl (C=O) groups is 3. The summed E-state index contributed by atoms with van der Waals surface area (Å²) in [6.07, 6.45) is -1.06. The zero-order valence-electron chi connectivity index (χ0n) is 15.6. The Labute approximate surface area is 156 Å². The van der Waals surface area contributed by atoms with E-state index in [1.165, 1.54) is 31.2 Å². The molecule has 0 amide bonds. The summed E-state index contributed by atoms with van der Waals surface area (Å²) in [4.78, 5) is 39.8. The number of H-pyrrole nitrogens is 1. The molecule has 2 rings (SSSR count). The SMILES string of the molecule is CCOC(=O)c1c(C)[nH]c(C(=O)C(C)OC(=O)c2ccc(C#N)cc2)c1C. The van der Waals surface area contributed by atoms with Crippen molar-refractivity contribution >= 4 is 17.7 Å². The van der Waals surface area contributed by atoms with Crippen molar-refractivity contribution in [3.05, 3.63) is 57.9 Å². The fourth-order valence-electron chi connectivity index (χ4n) is 2.67. The van der Waals surface area contributed by atoms with E-state index in [1.807, 2.05) is 6.07 Å². The van der Waals surface area contributed by atoms with E-state index in [9.17, 15) is 14.4 Å². The molecular weight excluding hydrogens is 348 g/mol. The molecule has 1 heterocycles. The minimum atomic E-state index is -1.06. The number of hydrogen-bond donors (Lipinski definition) is 1. The number of ether oxygens (including phenoxy) is 2. The van der Waals surface area contributed by atoms with E-state index in [0.717, 1.165) is 0 Å². The minimum Gasteiger partial charge on any atom is -0.462 e. The number of nitriles is 1. The molecule has 0 spiro atoms. The molecule has 1 aromatic carbocycles. The monoisotopic (exact) mass is 368 g/mol. The van der Waals surface area contributed by atoms with Crippen LogP contribution in [0.15, 0.2) is 24.3 Å². The van der Waals surface area contributed by atoms with E-state index in [2.05, 4.69) is 4.98 Å². The third kappa shape index (κ3) is 4.23. The van der Waals surface area contributed by atoms with Crippen molar-refractivity contribution in [1.82, 2.24) is 4.98 Å². The maximum Gasteiger partial charge on any atom is 0.340 e. The number of aromatic amines is 1. The van der Waals surface area contributed by atoms with Gasteiger partial charge in [0.15, 0.2) is 6.10 Å². The molecule has 0 bridgehead atoms. The minimum absolute atomic E-state index is 0.204. The standard InChI is InChI=1S/C20H20N2O5/c1-5-26-20(25)16-11(2)17(22-12(16)3)18(23)13(4)27-19(24)15-8-6-14(10-21)7-9-15/h6-9,13,22H,5H2,1-4H3. The van der Waals surface area contributed by atoms with E-state index in [0.29, 0.717) is 22.4 Å². The second-order valence-corrected chi connectivity index (χ2v) is 5.95. The summed E-state index contributed by atoms with van der Waals surface area (Å²) in [5, 5.41) is 8.79. The van der Waals surface area contributed by atoms with Gasteiger partial charge >= 0.3 is 11.9 Å². The van der Waals surface area contributed by atoms with Crippen molar-refractivity contribution in [1.29, 1.82) is 5.26 Å². The fraction of sp³-hybridized carbons (Fsp3) is 0.300. The molecule has 7 heteroatoms. The molecule has 0 saturated heterocycles. The van der Waals surface area contributed by atoms with Gasteiger partial charge in [-0.2, -0.15) is 5.26 Å². The van der Waals surface area contributed by atoms with Crippen LogP contribution >= 0.6 is 0 Å². The summed E-state index contributed by atoms with van der Waals surface area (Å²) in [5.41, 5.74) is 2.14. The number of hydrogen-bond acceptors (Lipinski definition) is 6. The van der Waals surface area contributed by atoms with Gasteiger partial charge in [0.2, 0.25) is 5.78 Å². The quantitative estimate of drug-likeness (QED) is 0.620. The Bertz CT molecular complexity index is 919. The van der Waals surface area contributed by atoms with Crippen LogP contribution in [0.1, 0.15) is 61.9 Å². The van der Waals surface area contributed by atoms with E-state index in [4.69, 9.17) is 14.7 Å². The summed E-state index contributed by atoms with van der Waals surface area (Å²) >= 11 is 0. The second-order valence-electron chi connectivity index (χ2n) is 5.95. The Morgan fingerprint density at radius 3 is 2.33 bits per heavy atom. The summed E-state index contributed by atoms with van der Waals surface area (Å²) < 4.78 is 10.2. The molecule has 1 N–H and O–H groups in total. The van der Waals surface area contributed by atoms with Gasteiger partial charge < -0.3 is 14.5 Å². The summed E-state index contributed by atoms with van der Waals surface area (Å²) in [7, 11) is 0. The molecule has 0 fully saturated rings. The molecule has 0 aliphatic rings. The Morgan fingerprint density at radius 2 is 1.78 bits per heavy atom. The molecule has 1 atom stereocenters. The van der Waals surface area contributed by atoms with Crippen LogP contribution in [0.3, 0.4) is 0 Å². The molecule has 2 aromatic rings. The van der Waals surface area contributed by atoms with E-state index < -0.39 is 23.8 Å². The highest BCUT2D eigenvalue weighted by Gasteiger charge is 2.27. The number of Topliss-reactive ketones (excluding diaryl/α,β-unsaturated/α-hetero) is 1. The van der Waals surface area contributed by atoms with Gasteiger partial charge in [-0.05, 0) is 57.5 Å². The van der Waals surface area contributed by atoms with E-state index in [-0.39, 0.29) is 17.9 Å². The number of esters is 2. The van der Waals surface area contributed by atoms with E-state index >= 15 is 0 Å². The van der Waals surface area contributed by atoms with Gasteiger partial charge in [0.25, 0.3) is 0 Å². The number of nitrogens with zero attached hydrogens (tertiary/aromatic N) is 1. The largest absolute Gasteiger partial charge is 0.462 e. The summed E-state index contributed by atoms with van der Waals surface area (Å²) in [6, 6.07) is 7.86. The molecule has 7 nitrogen and oxygen atoms in total. The number of rotatable bonds is 6. The molecule has 140 valence electrons. The van der Waals surface area contributed by atoms with Gasteiger partial charge in [-0.25, -0.2) is 9.59 Å². The number of ketones is 1. The first kappa shape index (κ1) is 19.9. The van der Waals surface area contributed by atoms with Crippen molar-refractivity contribution in [3.63, 3.8) is 0 Å². The van der Waals surface area contributed by atoms with Gasteiger partial charge in [-0.15, -0.1) is 0 Å². The molecular formula is C20H20N2O5. The zero-order chi connectivity index (χ0) is 20.1. The van der Waals surface area contributed by atoms with Crippen molar-refractivity contribution < 1.29 is 23.9 Å². The lowest BCUT2D eigenvalue weighted by Gasteiger charge is -2.12. The van der Waals surface area contributed by atoms with Crippen molar-refractivity contribution in [3.8, 4) is 6.07 Å². The van der Waals surface area contributed by atoms with Crippen LogP contribution < -0.4 is 0 Å². The fourth-order valence-corrected chi connectivity index (χ4v) is 2.67. The van der Waals surface area contributed by atoms with Crippen LogP contribution in [-0.2, 0) is 9.47 Å². The highest BCUT2D eigenvalue weighted by molar-refractivity contribution is 6.04. The Kier molecular flexibility index (Phi) is 6.14. The van der Waals surface area contributed by atoms with Crippen molar-refractivity contribution in [2.75, 3.05) is 6.61 Å². The topological polar surface area (TPSA) is 109 Å². The Morgan fingerprint density at radius 1 is 1.15 bits per heavy atom. The van der Waals surface area contributed by atoms with E-state index in [1.54, 1.807) is 20.8 Å². The van der Waals surface area contributed by atoms with Crippen LogP contribution in [0.25, 0.3) is 0 Å². The normalized spacial score (nSPS) is 11.4. The average Bonchev–Trinajstić information content (AvgIpc) is 2.95. The lowest BCUT2D eigenvalue weighted by molar-refractivity contribution is 0.0316. The Balaban J connectivity index is 2.17. The second kappa shape index (κ2) is 8.32. The van der Waals surface area contributed by atoms with Crippen molar-refractivity contribution in [2.45, 2.75) is 33.8 Å². The Hall–Kier alpha value is -3.40. The molecule has 1 unspecified atom stereocenters. The first-order valence-corrected chi connectivity index (χ1v) is 8.41. The molecule has 0 radical (unpaired) electrons. The lowest BCUT2D eigenvalue weighted by Crippen LogP contribution is -2.25. The molecule has 0 aliphatic carbocycles. The number of aromatic nitrogens is 1. The average molecular weight is 368 g/mol. The van der Waals surface area contributed by atoms with Gasteiger partial charge in [-0.1, -0.05) is 0 Å². The van der Waals surface area contributed by atoms with Crippen LogP contribution in [0, 0.1) is 25.2 Å². The third-order valence-electron chi connectivity index (χ3n) is 4.07. The van der Waals surface area contributed by atoms with Crippen LogP contribution in [0.2, 0.25) is 0 Å². The predicted molar refractivity (Wildman–Crippen MR) is 96.6 cm³/mol. The summed E-state index contributed by atoms with van der Waals surface area (Å²) in [5.74, 6) is -1.63. The first-order chi connectivity index (χ1) is 12.8. The van der Waals surface area contributed by atoms with Crippen molar-refractivity contribution in [2.24, 2.45) is 0 Å². The molecule has 1 aromatic heterocycles. The maximum absolute atomic E-state index is 12.7. The predicted octanol–water partition coefficient (Wildman–Crippen LogP) is 3.11. The van der Waals surface area contributed by atoms with Crippen LogP contribution in [-0.4, -0.2) is 35.4 Å². The van der Waals surface area contributed by atoms with Gasteiger partial charge in [0.05, 0.1) is 35.1 Å². The maximum atomic E-state index is 12.7. The molecule has 0 aliphatic heterocycles. The summed E-state index contributed by atoms with van der Waals surface area (Å²) in [6.45, 7) is 6.70. The van der Waals surface area contributed by atoms with Crippen LogP contribution in [0.4, 0.5) is 0 Å². The number of benzene rings is 1. The molecule has 27 heavy (non-hydrogen) atoms. The third-order valence-corrected chi connectivity index (χ3v) is 4.07. The first-order valence-electron chi connectivity index (χ1n) is 8.41. The zero-order valence-corrected chi connectivity index (χ0v) is 15.6. The van der Waals surface area contributed by atoms with Gasteiger partial charge in [0, 0.05) is 5.69 Å². The highest BCUT2D eigenvalue weighted by atomic mass is 16.5. The van der Waals surface area contributed by atoms with Gasteiger partial charge in [0.1, 0.15) is 0 Å².